The Morgan fingerprint density at radius 3 is 2.27 bits per heavy atom. The van der Waals surface area contributed by atoms with Crippen LogP contribution in [-0.2, 0) is 32.1 Å². The number of carbonyl (C=O) groups excluding carboxylic acids is 5. The predicted octanol–water partition coefficient (Wildman–Crippen LogP) is 0.873. The van der Waals surface area contributed by atoms with Crippen molar-refractivity contribution >= 4 is 29.5 Å². The molecule has 15 heteroatoms. The summed E-state index contributed by atoms with van der Waals surface area (Å²) in [5.74, 6) is -1.87. The molecule has 52 heavy (non-hydrogen) atoms. The lowest BCUT2D eigenvalue weighted by Gasteiger charge is -2.41. The summed E-state index contributed by atoms with van der Waals surface area (Å²) in [6, 6.07) is 12.2. The molecule has 2 aromatic carbocycles. The van der Waals surface area contributed by atoms with Gasteiger partial charge in [0.2, 0.25) is 17.7 Å². The van der Waals surface area contributed by atoms with Gasteiger partial charge in [-0.2, -0.15) is 5.10 Å². The van der Waals surface area contributed by atoms with Crippen molar-refractivity contribution in [3.63, 3.8) is 0 Å². The Balaban J connectivity index is 1.45. The number of aryl methyl sites for hydroxylation is 2. The molecule has 1 spiro atoms. The molecule has 15 nitrogen and oxygen atoms in total. The molecule has 4 heterocycles. The third kappa shape index (κ3) is 9.26. The van der Waals surface area contributed by atoms with Crippen LogP contribution in [0.3, 0.4) is 0 Å². The van der Waals surface area contributed by atoms with Crippen molar-refractivity contribution in [2.24, 2.45) is 0 Å². The number of ether oxygens (including phenoxy) is 2. The van der Waals surface area contributed by atoms with Gasteiger partial charge in [-0.1, -0.05) is 37.3 Å². The van der Waals surface area contributed by atoms with Gasteiger partial charge < -0.3 is 40.7 Å². The predicted molar refractivity (Wildman–Crippen MR) is 189 cm³/mol. The maximum Gasteiger partial charge on any atom is 0.265 e. The fourth-order valence-electron chi connectivity index (χ4n) is 6.21. The van der Waals surface area contributed by atoms with Gasteiger partial charge in [0, 0.05) is 45.1 Å². The number of benzene rings is 2. The first-order chi connectivity index (χ1) is 25.0. The maximum atomic E-state index is 14.5. The number of amides is 5. The summed E-state index contributed by atoms with van der Waals surface area (Å²) >= 11 is 0. The molecule has 0 saturated carbocycles. The summed E-state index contributed by atoms with van der Waals surface area (Å²) < 4.78 is 14.0. The topological polar surface area (TPSA) is 193 Å². The minimum absolute atomic E-state index is 0.0603. The van der Waals surface area contributed by atoms with Crippen molar-refractivity contribution in [2.75, 3.05) is 32.8 Å². The van der Waals surface area contributed by atoms with E-state index in [1.807, 2.05) is 13.0 Å². The van der Waals surface area contributed by atoms with Crippen LogP contribution in [0.5, 0.6) is 11.5 Å². The largest absolute Gasteiger partial charge is 0.492 e. The van der Waals surface area contributed by atoms with Gasteiger partial charge in [0.15, 0.2) is 5.60 Å². The Kier molecular flexibility index (Phi) is 12.5. The van der Waals surface area contributed by atoms with Gasteiger partial charge in [-0.15, -0.1) is 0 Å². The minimum Gasteiger partial charge on any atom is -0.492 e. The number of aromatic nitrogens is 2. The average molecular weight is 718 g/mol. The van der Waals surface area contributed by atoms with Gasteiger partial charge in [-0.25, -0.2) is 0 Å². The van der Waals surface area contributed by atoms with Crippen LogP contribution in [0.4, 0.5) is 0 Å². The molecule has 5 N–H and O–H groups in total. The van der Waals surface area contributed by atoms with Crippen molar-refractivity contribution in [1.82, 2.24) is 35.9 Å². The smallest absolute Gasteiger partial charge is 0.265 e. The van der Waals surface area contributed by atoms with Gasteiger partial charge >= 0.3 is 0 Å². The number of nitrogens with one attached hydrogen (secondary N) is 4. The van der Waals surface area contributed by atoms with Crippen molar-refractivity contribution in [3.05, 3.63) is 77.6 Å². The molecule has 0 radical (unpaired) electrons. The number of hydrogen-bond acceptors (Lipinski definition) is 9. The highest BCUT2D eigenvalue weighted by Crippen LogP contribution is 2.32. The fraction of sp³-hybridized carbons (Fsp3) is 0.459. The highest BCUT2D eigenvalue weighted by atomic mass is 16.5. The number of hydrogen-bond donors (Lipinski definition) is 5. The summed E-state index contributed by atoms with van der Waals surface area (Å²) in [5, 5.41) is 25.2. The van der Waals surface area contributed by atoms with E-state index < -0.39 is 54.0 Å². The lowest BCUT2D eigenvalue weighted by Crippen LogP contribution is -2.62. The van der Waals surface area contributed by atoms with Crippen molar-refractivity contribution < 1.29 is 38.6 Å². The zero-order valence-electron chi connectivity index (χ0n) is 29.7. The van der Waals surface area contributed by atoms with Crippen molar-refractivity contribution in [2.45, 2.75) is 76.7 Å². The zero-order valence-corrected chi connectivity index (χ0v) is 29.7. The van der Waals surface area contributed by atoms with E-state index in [9.17, 15) is 29.1 Å². The first-order valence-electron chi connectivity index (χ1n) is 17.6. The molecular formula is C37H47N7O8. The van der Waals surface area contributed by atoms with Crippen LogP contribution in [0.15, 0.2) is 60.8 Å². The summed E-state index contributed by atoms with van der Waals surface area (Å²) in [5.41, 5.74) is 0.374. The van der Waals surface area contributed by atoms with Crippen LogP contribution >= 0.6 is 0 Å². The molecule has 1 aromatic heterocycles. The SMILES string of the molecule is CCCn1cc(C(=O)N2CCC3(CC2)Oc2ccc(cc2)OCCNC(=O)[C@H](C)NC(=O)[C@H](CO)NC(=O)[C@@H](Cc2ccccc2)NC3=O)c(C)n1. The Morgan fingerprint density at radius 2 is 1.60 bits per heavy atom. The Labute approximate surface area is 302 Å². The molecule has 278 valence electrons. The van der Waals surface area contributed by atoms with Gasteiger partial charge in [0.25, 0.3) is 11.8 Å². The standard InChI is InChI=1S/C37H47N7O8/c1-4-17-44-22-29(24(2)42-44)35(49)43-18-14-37(15-19-43)36(50)41-30(21-26-8-6-5-7-9-26)33(47)40-31(23-45)34(48)39-25(3)32(46)38-16-20-51-27-10-12-28(52-37)13-11-27/h5-13,22,25,30-31,45H,4,14-21,23H2,1-3H3,(H,38,46)(H,39,48)(H,40,47)(H,41,50)/t25-,30+,31-/m0/s1. The van der Waals surface area contributed by atoms with E-state index in [0.29, 0.717) is 29.3 Å². The quantitative estimate of drug-likeness (QED) is 0.230. The fourth-order valence-corrected chi connectivity index (χ4v) is 6.21. The van der Waals surface area contributed by atoms with E-state index in [1.54, 1.807) is 71.2 Å². The van der Waals surface area contributed by atoms with E-state index in [0.717, 1.165) is 12.0 Å². The number of fused-ring (bicyclic) bond motifs is 15. The van der Waals surface area contributed by atoms with E-state index in [2.05, 4.69) is 26.4 Å². The second-order valence-electron chi connectivity index (χ2n) is 13.1. The molecule has 1 saturated heterocycles. The van der Waals surface area contributed by atoms with Crippen LogP contribution in [0.2, 0.25) is 0 Å². The molecule has 0 aliphatic carbocycles. The Hall–Kier alpha value is -5.44. The monoisotopic (exact) mass is 717 g/mol. The van der Waals surface area contributed by atoms with E-state index in [-0.39, 0.29) is 51.4 Å². The number of likely N-dealkylation sites (tertiary alicyclic amines) is 1. The average Bonchev–Trinajstić information content (AvgIpc) is 3.52. The van der Waals surface area contributed by atoms with Crippen LogP contribution in [0.1, 0.15) is 54.7 Å². The first kappa shape index (κ1) is 37.8. The Bertz CT molecular complexity index is 1720. The third-order valence-electron chi connectivity index (χ3n) is 9.18. The lowest BCUT2D eigenvalue weighted by molar-refractivity contribution is -0.144. The van der Waals surface area contributed by atoms with Crippen LogP contribution < -0.4 is 30.7 Å². The van der Waals surface area contributed by atoms with Gasteiger partial charge in [-0.05, 0) is 50.1 Å². The van der Waals surface area contributed by atoms with Crippen LogP contribution in [0.25, 0.3) is 0 Å². The minimum atomic E-state index is -1.48. The molecule has 0 unspecified atom stereocenters. The number of aliphatic hydroxyl groups is 1. The second-order valence-corrected chi connectivity index (χ2v) is 13.1. The van der Waals surface area contributed by atoms with Crippen molar-refractivity contribution in [1.29, 1.82) is 0 Å². The number of aliphatic hydroxyl groups excluding tert-OH is 1. The normalized spacial score (nSPS) is 21.6. The highest BCUT2D eigenvalue weighted by Gasteiger charge is 2.46. The van der Waals surface area contributed by atoms with Gasteiger partial charge in [-0.3, -0.25) is 28.7 Å². The number of piperidine rings is 1. The van der Waals surface area contributed by atoms with E-state index in [4.69, 9.17) is 9.47 Å². The van der Waals surface area contributed by atoms with Crippen molar-refractivity contribution in [3.8, 4) is 11.5 Å². The lowest BCUT2D eigenvalue weighted by atomic mass is 9.88. The van der Waals surface area contributed by atoms with E-state index >= 15 is 0 Å². The molecular weight excluding hydrogens is 670 g/mol. The maximum absolute atomic E-state index is 14.5. The Morgan fingerprint density at radius 1 is 0.923 bits per heavy atom. The summed E-state index contributed by atoms with van der Waals surface area (Å²) in [4.78, 5) is 69.3. The molecule has 3 aliphatic rings. The van der Waals surface area contributed by atoms with E-state index in [1.165, 1.54) is 6.92 Å². The van der Waals surface area contributed by atoms with Gasteiger partial charge in [0.1, 0.15) is 36.2 Å². The number of nitrogens with zero attached hydrogens (tertiary/aromatic N) is 3. The third-order valence-corrected chi connectivity index (χ3v) is 9.18. The molecule has 5 amide bonds. The number of carbonyl (C=O) groups is 5. The summed E-state index contributed by atoms with van der Waals surface area (Å²) in [6.07, 6.45) is 2.91. The van der Waals surface area contributed by atoms with Gasteiger partial charge in [0.05, 0.1) is 24.4 Å². The summed E-state index contributed by atoms with van der Waals surface area (Å²) in [6.45, 7) is 5.91. The highest BCUT2D eigenvalue weighted by molar-refractivity contribution is 5.97. The zero-order chi connectivity index (χ0) is 37.3. The first-order valence-corrected chi connectivity index (χ1v) is 17.6. The number of rotatable bonds is 6. The van der Waals surface area contributed by atoms with Crippen LogP contribution in [-0.4, -0.2) is 106 Å². The second kappa shape index (κ2) is 17.2. The molecule has 2 bridgehead atoms. The molecule has 1 fully saturated rings. The summed E-state index contributed by atoms with van der Waals surface area (Å²) in [7, 11) is 0. The molecule has 3 aromatic rings. The molecule has 3 atom stereocenters. The molecule has 3 aliphatic heterocycles. The molecule has 6 rings (SSSR count). The van der Waals surface area contributed by atoms with Crippen LogP contribution in [0, 0.1) is 6.92 Å².